The topological polar surface area (TPSA) is 49.9 Å². The van der Waals surface area contributed by atoms with Crippen LogP contribution in [-0.2, 0) is 16.2 Å². The lowest BCUT2D eigenvalue weighted by atomic mass is 10.1. The molecule has 2 aromatic rings. The molecule has 2 amide bonds. The first-order chi connectivity index (χ1) is 13.3. The fraction of sp³-hybridized carbons (Fsp3) is 0.150. The molecule has 0 N–H and O–H groups in total. The standard InChI is InChI=1S/C20H16BrIN2O3S/c1-23-18(25)15(19(26)24(2)20(23)28)9-13-5-8-17(16(21)10-13)27-11-12-3-6-14(22)7-4-12/h3-10H,11H2,1-2H3. The summed E-state index contributed by atoms with van der Waals surface area (Å²) >= 11 is 10.8. The van der Waals surface area contributed by atoms with Crippen LogP contribution in [0.3, 0.4) is 0 Å². The average Bonchev–Trinajstić information content (AvgIpc) is 2.69. The molecular formula is C20H16BrIN2O3S. The number of halogens is 2. The van der Waals surface area contributed by atoms with E-state index >= 15 is 0 Å². The third-order valence-electron chi connectivity index (χ3n) is 4.22. The molecule has 0 spiro atoms. The van der Waals surface area contributed by atoms with E-state index in [4.69, 9.17) is 17.0 Å². The summed E-state index contributed by atoms with van der Waals surface area (Å²) in [5.41, 5.74) is 1.84. The smallest absolute Gasteiger partial charge is 0.265 e. The van der Waals surface area contributed by atoms with Gasteiger partial charge in [0.15, 0.2) is 5.11 Å². The van der Waals surface area contributed by atoms with Crippen LogP contribution >= 0.6 is 50.7 Å². The van der Waals surface area contributed by atoms with Gasteiger partial charge < -0.3 is 4.74 Å². The number of hydrogen-bond acceptors (Lipinski definition) is 4. The molecule has 0 aromatic heterocycles. The van der Waals surface area contributed by atoms with Gasteiger partial charge in [-0.1, -0.05) is 18.2 Å². The third-order valence-corrected chi connectivity index (χ3v) is 6.11. The molecule has 1 heterocycles. The lowest BCUT2D eigenvalue weighted by Gasteiger charge is -2.31. The highest BCUT2D eigenvalue weighted by Crippen LogP contribution is 2.28. The van der Waals surface area contributed by atoms with Crippen LogP contribution in [-0.4, -0.2) is 40.8 Å². The van der Waals surface area contributed by atoms with Crippen molar-refractivity contribution in [3.63, 3.8) is 0 Å². The quantitative estimate of drug-likeness (QED) is 0.239. The van der Waals surface area contributed by atoms with Crippen molar-refractivity contribution in [2.45, 2.75) is 6.61 Å². The molecule has 8 heteroatoms. The van der Waals surface area contributed by atoms with Gasteiger partial charge in [-0.3, -0.25) is 19.4 Å². The van der Waals surface area contributed by atoms with Crippen molar-refractivity contribution >= 4 is 73.7 Å². The molecular weight excluding hydrogens is 555 g/mol. The van der Waals surface area contributed by atoms with Gasteiger partial charge in [0.05, 0.1) is 4.47 Å². The van der Waals surface area contributed by atoms with Crippen molar-refractivity contribution in [3.05, 3.63) is 67.2 Å². The van der Waals surface area contributed by atoms with Gasteiger partial charge in [-0.15, -0.1) is 0 Å². The predicted molar refractivity (Wildman–Crippen MR) is 124 cm³/mol. The van der Waals surface area contributed by atoms with Gasteiger partial charge in [0.2, 0.25) is 0 Å². The predicted octanol–water partition coefficient (Wildman–Crippen LogP) is 4.23. The molecule has 1 fully saturated rings. The highest BCUT2D eigenvalue weighted by atomic mass is 127. The summed E-state index contributed by atoms with van der Waals surface area (Å²) in [6.07, 6.45) is 1.56. The number of thiocarbonyl (C=S) groups is 1. The Morgan fingerprint density at radius 3 is 2.25 bits per heavy atom. The van der Waals surface area contributed by atoms with Crippen molar-refractivity contribution in [1.82, 2.24) is 9.80 Å². The Bertz CT molecular complexity index is 965. The van der Waals surface area contributed by atoms with Crippen LogP contribution < -0.4 is 4.74 Å². The zero-order valence-electron chi connectivity index (χ0n) is 15.1. The minimum absolute atomic E-state index is 0.0676. The Hall–Kier alpha value is -1.78. The number of carbonyl (C=O) groups excluding carboxylic acids is 2. The Labute approximate surface area is 190 Å². The van der Waals surface area contributed by atoms with Gasteiger partial charge in [0, 0.05) is 17.7 Å². The maximum atomic E-state index is 12.4. The average molecular weight is 571 g/mol. The van der Waals surface area contributed by atoms with Crippen molar-refractivity contribution in [2.75, 3.05) is 14.1 Å². The summed E-state index contributed by atoms with van der Waals surface area (Å²) in [5, 5.41) is 0.188. The van der Waals surface area contributed by atoms with Crippen molar-refractivity contribution in [1.29, 1.82) is 0 Å². The first-order valence-electron chi connectivity index (χ1n) is 8.26. The van der Waals surface area contributed by atoms with Crippen LogP contribution in [0.25, 0.3) is 6.08 Å². The van der Waals surface area contributed by atoms with Crippen LogP contribution in [0.5, 0.6) is 5.75 Å². The molecule has 5 nitrogen and oxygen atoms in total. The molecule has 0 saturated carbocycles. The van der Waals surface area contributed by atoms with Gasteiger partial charge in [0.1, 0.15) is 17.9 Å². The lowest BCUT2D eigenvalue weighted by molar-refractivity contribution is -0.132. The van der Waals surface area contributed by atoms with Crippen LogP contribution in [0.1, 0.15) is 11.1 Å². The Kier molecular flexibility index (Phi) is 6.51. The molecule has 1 aliphatic heterocycles. The van der Waals surface area contributed by atoms with Crippen molar-refractivity contribution < 1.29 is 14.3 Å². The minimum Gasteiger partial charge on any atom is -0.488 e. The normalized spacial score (nSPS) is 14.6. The van der Waals surface area contributed by atoms with Crippen LogP contribution in [0.15, 0.2) is 52.5 Å². The number of nitrogens with zero attached hydrogens (tertiary/aromatic N) is 2. The fourth-order valence-electron chi connectivity index (χ4n) is 2.61. The van der Waals surface area contributed by atoms with E-state index in [1.807, 2.05) is 30.3 Å². The van der Waals surface area contributed by atoms with E-state index in [2.05, 4.69) is 38.5 Å². The highest BCUT2D eigenvalue weighted by molar-refractivity contribution is 14.1. The molecule has 0 aliphatic carbocycles. The SMILES string of the molecule is CN1C(=O)C(=Cc2ccc(OCc3ccc(I)cc3)c(Br)c2)C(=O)N(C)C1=S. The summed E-state index contributed by atoms with van der Waals surface area (Å²) in [7, 11) is 3.11. The second-order valence-electron chi connectivity index (χ2n) is 6.17. The molecule has 28 heavy (non-hydrogen) atoms. The number of benzene rings is 2. The number of likely N-dealkylation sites (N-methyl/N-ethyl adjacent to an activating group) is 2. The largest absolute Gasteiger partial charge is 0.488 e. The van der Waals surface area contributed by atoms with Crippen LogP contribution in [0.4, 0.5) is 0 Å². The number of carbonyl (C=O) groups is 2. The van der Waals surface area contributed by atoms with E-state index in [9.17, 15) is 9.59 Å². The van der Waals surface area contributed by atoms with Gasteiger partial charge >= 0.3 is 0 Å². The summed E-state index contributed by atoms with van der Waals surface area (Å²) in [4.78, 5) is 27.4. The molecule has 0 bridgehead atoms. The van der Waals surface area contributed by atoms with E-state index in [1.165, 1.54) is 13.4 Å². The van der Waals surface area contributed by atoms with Gasteiger partial charge in [0.25, 0.3) is 11.8 Å². The van der Waals surface area contributed by atoms with E-state index in [0.29, 0.717) is 17.9 Å². The van der Waals surface area contributed by atoms with Crippen LogP contribution in [0.2, 0.25) is 0 Å². The first kappa shape index (κ1) is 20.9. The van der Waals surface area contributed by atoms with Crippen molar-refractivity contribution in [3.8, 4) is 5.75 Å². The highest BCUT2D eigenvalue weighted by Gasteiger charge is 2.35. The van der Waals surface area contributed by atoms with Crippen molar-refractivity contribution in [2.24, 2.45) is 0 Å². The first-order valence-corrected chi connectivity index (χ1v) is 10.5. The molecule has 0 atom stereocenters. The Balaban J connectivity index is 1.79. The maximum Gasteiger partial charge on any atom is 0.265 e. The summed E-state index contributed by atoms with van der Waals surface area (Å²) in [5.74, 6) is -0.149. The summed E-state index contributed by atoms with van der Waals surface area (Å²) in [6.45, 7) is 0.444. The zero-order valence-corrected chi connectivity index (χ0v) is 19.7. The molecule has 1 saturated heterocycles. The van der Waals surface area contributed by atoms with Gasteiger partial charge in [-0.2, -0.15) is 0 Å². The number of hydrogen-bond donors (Lipinski definition) is 0. The number of amides is 2. The molecule has 0 unspecified atom stereocenters. The maximum absolute atomic E-state index is 12.4. The monoisotopic (exact) mass is 570 g/mol. The second-order valence-corrected chi connectivity index (χ2v) is 8.64. The summed E-state index contributed by atoms with van der Waals surface area (Å²) < 4.78 is 7.77. The lowest BCUT2D eigenvalue weighted by Crippen LogP contribution is -2.52. The molecule has 0 radical (unpaired) electrons. The van der Waals surface area contributed by atoms with E-state index in [1.54, 1.807) is 32.3 Å². The van der Waals surface area contributed by atoms with E-state index < -0.39 is 11.8 Å². The second kappa shape index (κ2) is 8.71. The zero-order chi connectivity index (χ0) is 20.4. The van der Waals surface area contributed by atoms with Gasteiger partial charge in [-0.05, 0) is 92.2 Å². The minimum atomic E-state index is -0.414. The molecule has 144 valence electrons. The van der Waals surface area contributed by atoms with Gasteiger partial charge in [-0.25, -0.2) is 0 Å². The third kappa shape index (κ3) is 4.44. The molecule has 1 aliphatic rings. The van der Waals surface area contributed by atoms with Crippen LogP contribution in [0, 0.1) is 3.57 Å². The Morgan fingerprint density at radius 2 is 1.68 bits per heavy atom. The van der Waals surface area contributed by atoms with E-state index in [-0.39, 0.29) is 10.7 Å². The Morgan fingerprint density at radius 1 is 1.07 bits per heavy atom. The molecule has 3 rings (SSSR count). The summed E-state index contributed by atoms with van der Waals surface area (Å²) in [6, 6.07) is 13.5. The fourth-order valence-corrected chi connectivity index (χ4v) is 3.64. The van der Waals surface area contributed by atoms with E-state index in [0.717, 1.165) is 10.0 Å². The number of rotatable bonds is 4. The number of ether oxygens (including phenoxy) is 1. The molecule has 2 aromatic carbocycles.